The van der Waals surface area contributed by atoms with Crippen molar-refractivity contribution < 1.29 is 17.8 Å². The Balaban J connectivity index is 0.000000225. The molecule has 0 radical (unpaired) electrons. The van der Waals surface area contributed by atoms with Crippen LogP contribution in [0.2, 0.25) is 0 Å². The number of nitrogens with two attached hydrogens (primary N) is 1. The molecule has 0 atom stereocenters. The van der Waals surface area contributed by atoms with Crippen molar-refractivity contribution in [3.8, 4) is 0 Å². The standard InChI is InChI=1S/C8H10O3S.C4H7NO/c1-6-4-3-5-8(7(6)2)12(9,10)11;5-4(6)3-1-2-3/h3-5H,1-2H3,(H,9,10,11);3H,1-2H2,(H2,5,6). The fourth-order valence-corrected chi connectivity index (χ4v) is 2.17. The molecule has 3 N–H and O–H groups in total. The molecule has 1 aromatic carbocycles. The van der Waals surface area contributed by atoms with Gasteiger partial charge in [0.2, 0.25) is 5.91 Å². The zero-order valence-electron chi connectivity index (χ0n) is 10.4. The summed E-state index contributed by atoms with van der Waals surface area (Å²) in [5.41, 5.74) is 6.31. The molecule has 0 unspecified atom stereocenters. The van der Waals surface area contributed by atoms with Crippen LogP contribution in [0, 0.1) is 19.8 Å². The Labute approximate surface area is 107 Å². The number of carbonyl (C=O) groups excluding carboxylic acids is 1. The maximum atomic E-state index is 10.8. The summed E-state index contributed by atoms with van der Waals surface area (Å²) >= 11 is 0. The van der Waals surface area contributed by atoms with E-state index in [0.717, 1.165) is 18.4 Å². The van der Waals surface area contributed by atoms with E-state index < -0.39 is 10.1 Å². The summed E-state index contributed by atoms with van der Waals surface area (Å²) in [6.07, 6.45) is 2.05. The molecule has 1 aliphatic carbocycles. The molecule has 18 heavy (non-hydrogen) atoms. The number of aryl methyl sites for hydroxylation is 1. The van der Waals surface area contributed by atoms with Crippen molar-refractivity contribution >= 4 is 16.0 Å². The molecule has 0 spiro atoms. The largest absolute Gasteiger partial charge is 0.369 e. The predicted octanol–water partition coefficient (Wildman–Crippen LogP) is 1.43. The van der Waals surface area contributed by atoms with Crippen molar-refractivity contribution in [2.24, 2.45) is 11.7 Å². The Kier molecular flexibility index (Phi) is 4.48. The average Bonchev–Trinajstić information content (AvgIpc) is 3.04. The fraction of sp³-hybridized carbons (Fsp3) is 0.417. The average molecular weight is 271 g/mol. The van der Waals surface area contributed by atoms with E-state index in [9.17, 15) is 13.2 Å². The van der Waals surface area contributed by atoms with Crippen LogP contribution in [0.25, 0.3) is 0 Å². The lowest BCUT2D eigenvalue weighted by Gasteiger charge is -2.03. The normalized spacial score (nSPS) is 14.6. The predicted molar refractivity (Wildman–Crippen MR) is 67.6 cm³/mol. The van der Waals surface area contributed by atoms with Crippen molar-refractivity contribution in [2.45, 2.75) is 31.6 Å². The first kappa shape index (κ1) is 14.7. The van der Waals surface area contributed by atoms with E-state index in [2.05, 4.69) is 0 Å². The lowest BCUT2D eigenvalue weighted by molar-refractivity contribution is -0.119. The molecule has 2 rings (SSSR count). The van der Waals surface area contributed by atoms with E-state index in [1.165, 1.54) is 6.07 Å². The quantitative estimate of drug-likeness (QED) is 0.795. The maximum Gasteiger partial charge on any atom is 0.294 e. The van der Waals surface area contributed by atoms with Crippen LogP contribution in [0.4, 0.5) is 0 Å². The van der Waals surface area contributed by atoms with E-state index in [1.54, 1.807) is 26.0 Å². The van der Waals surface area contributed by atoms with Crippen LogP contribution in [-0.2, 0) is 14.9 Å². The number of rotatable bonds is 2. The summed E-state index contributed by atoms with van der Waals surface area (Å²) in [6.45, 7) is 3.46. The molecule has 1 aromatic rings. The van der Waals surface area contributed by atoms with E-state index in [0.29, 0.717) is 5.56 Å². The van der Waals surface area contributed by atoms with Crippen molar-refractivity contribution in [1.82, 2.24) is 0 Å². The highest BCUT2D eigenvalue weighted by atomic mass is 32.2. The second-order valence-corrected chi connectivity index (χ2v) is 5.74. The van der Waals surface area contributed by atoms with Crippen LogP contribution >= 0.6 is 0 Å². The lowest BCUT2D eigenvalue weighted by Crippen LogP contribution is -2.11. The maximum absolute atomic E-state index is 10.8. The number of amides is 1. The van der Waals surface area contributed by atoms with Crippen molar-refractivity contribution in [1.29, 1.82) is 0 Å². The molecular formula is C12H17NO4S. The minimum atomic E-state index is -4.06. The molecule has 0 aliphatic heterocycles. The van der Waals surface area contributed by atoms with Gasteiger partial charge in [0.05, 0.1) is 4.90 Å². The molecular weight excluding hydrogens is 254 g/mol. The van der Waals surface area contributed by atoms with Gasteiger partial charge in [0.15, 0.2) is 0 Å². The number of benzene rings is 1. The number of hydrogen-bond donors (Lipinski definition) is 2. The van der Waals surface area contributed by atoms with Gasteiger partial charge in [-0.05, 0) is 43.9 Å². The second-order valence-electron chi connectivity index (χ2n) is 4.35. The molecule has 1 saturated carbocycles. The van der Waals surface area contributed by atoms with Crippen LogP contribution in [0.5, 0.6) is 0 Å². The zero-order valence-corrected chi connectivity index (χ0v) is 11.2. The third-order valence-corrected chi connectivity index (χ3v) is 3.81. The van der Waals surface area contributed by atoms with E-state index >= 15 is 0 Å². The molecule has 5 nitrogen and oxygen atoms in total. The minimum absolute atomic E-state index is 0.0116. The summed E-state index contributed by atoms with van der Waals surface area (Å²) < 4.78 is 30.3. The van der Waals surface area contributed by atoms with Crippen LogP contribution in [0.3, 0.4) is 0 Å². The third-order valence-electron chi connectivity index (χ3n) is 2.81. The Morgan fingerprint density at radius 2 is 1.89 bits per heavy atom. The molecule has 0 saturated heterocycles. The van der Waals surface area contributed by atoms with E-state index in [1.807, 2.05) is 0 Å². The highest BCUT2D eigenvalue weighted by Crippen LogP contribution is 2.27. The number of primary amides is 1. The van der Waals surface area contributed by atoms with E-state index in [4.69, 9.17) is 10.3 Å². The summed E-state index contributed by atoms with van der Waals surface area (Å²) in [4.78, 5) is 9.97. The smallest absolute Gasteiger partial charge is 0.294 e. The molecule has 0 heterocycles. The van der Waals surface area contributed by atoms with Crippen molar-refractivity contribution in [2.75, 3.05) is 0 Å². The van der Waals surface area contributed by atoms with Gasteiger partial charge >= 0.3 is 0 Å². The first-order valence-corrected chi connectivity index (χ1v) is 7.00. The van der Waals surface area contributed by atoms with Crippen molar-refractivity contribution in [3.05, 3.63) is 29.3 Å². The van der Waals surface area contributed by atoms with Gasteiger partial charge in [-0.15, -0.1) is 0 Å². The summed E-state index contributed by atoms with van der Waals surface area (Å²) in [6, 6.07) is 4.78. The highest BCUT2D eigenvalue weighted by Gasteiger charge is 2.26. The summed E-state index contributed by atoms with van der Waals surface area (Å²) in [5.74, 6) is 0.111. The molecule has 0 bridgehead atoms. The molecule has 1 aliphatic rings. The van der Waals surface area contributed by atoms with Gasteiger partial charge in [0.25, 0.3) is 10.1 Å². The Morgan fingerprint density at radius 3 is 2.17 bits per heavy atom. The molecule has 1 fully saturated rings. The molecule has 6 heteroatoms. The van der Waals surface area contributed by atoms with Crippen LogP contribution < -0.4 is 5.73 Å². The zero-order chi connectivity index (χ0) is 13.9. The SMILES string of the molecule is Cc1cccc(S(=O)(=O)O)c1C.NC(=O)C1CC1. The Hall–Kier alpha value is -1.40. The molecule has 1 amide bonds. The Morgan fingerprint density at radius 1 is 1.33 bits per heavy atom. The first-order valence-electron chi connectivity index (χ1n) is 5.56. The van der Waals surface area contributed by atoms with Crippen LogP contribution in [0.1, 0.15) is 24.0 Å². The minimum Gasteiger partial charge on any atom is -0.369 e. The highest BCUT2D eigenvalue weighted by molar-refractivity contribution is 7.85. The van der Waals surface area contributed by atoms with Gasteiger partial charge in [0.1, 0.15) is 0 Å². The molecule has 0 aromatic heterocycles. The third kappa shape index (κ3) is 4.12. The van der Waals surface area contributed by atoms with E-state index in [-0.39, 0.29) is 16.7 Å². The van der Waals surface area contributed by atoms with Gasteiger partial charge in [0, 0.05) is 5.92 Å². The summed E-state index contributed by atoms with van der Waals surface area (Å²) in [5, 5.41) is 0. The lowest BCUT2D eigenvalue weighted by atomic mass is 10.1. The van der Waals surface area contributed by atoms with Gasteiger partial charge in [-0.3, -0.25) is 9.35 Å². The number of carbonyl (C=O) groups is 1. The fourth-order valence-electron chi connectivity index (χ4n) is 1.37. The topological polar surface area (TPSA) is 97.5 Å². The summed E-state index contributed by atoms with van der Waals surface area (Å²) in [7, 11) is -4.06. The Bertz CT molecular complexity index is 547. The van der Waals surface area contributed by atoms with Gasteiger partial charge in [-0.2, -0.15) is 8.42 Å². The monoisotopic (exact) mass is 271 g/mol. The van der Waals surface area contributed by atoms with Gasteiger partial charge in [-0.1, -0.05) is 12.1 Å². The number of hydrogen-bond acceptors (Lipinski definition) is 3. The first-order chi connectivity index (χ1) is 8.23. The van der Waals surface area contributed by atoms with Gasteiger partial charge in [-0.25, -0.2) is 0 Å². The molecule has 100 valence electrons. The van der Waals surface area contributed by atoms with Crippen LogP contribution in [0.15, 0.2) is 23.1 Å². The van der Waals surface area contributed by atoms with Crippen LogP contribution in [-0.4, -0.2) is 18.9 Å². The van der Waals surface area contributed by atoms with Gasteiger partial charge < -0.3 is 5.73 Å². The van der Waals surface area contributed by atoms with Crippen molar-refractivity contribution in [3.63, 3.8) is 0 Å². The second kappa shape index (κ2) is 5.49.